The zero-order valence-corrected chi connectivity index (χ0v) is 8.65. The summed E-state index contributed by atoms with van der Waals surface area (Å²) < 4.78 is 0. The van der Waals surface area contributed by atoms with Crippen molar-refractivity contribution < 1.29 is 0 Å². The number of nitrogens with two attached hydrogens (primary N) is 1. The Labute approximate surface area is 87.6 Å². The molecule has 0 atom stereocenters. The molecule has 0 bridgehead atoms. The molecular weight excluding hydrogens is 215 g/mol. The average molecular weight is 224 g/mol. The first-order chi connectivity index (χ1) is 5.66. The molecule has 5 heteroatoms. The van der Waals surface area contributed by atoms with Gasteiger partial charge in [-0.05, 0) is 5.56 Å². The van der Waals surface area contributed by atoms with E-state index in [0.717, 1.165) is 0 Å². The lowest BCUT2D eigenvalue weighted by Gasteiger charge is -1.90. The third kappa shape index (κ3) is 8.21. The first-order valence-electron chi connectivity index (χ1n) is 3.33. The highest BCUT2D eigenvalue weighted by Gasteiger charge is 1.91. The van der Waals surface area contributed by atoms with Crippen molar-refractivity contribution in [2.75, 3.05) is 0 Å². The van der Waals surface area contributed by atoms with Gasteiger partial charge in [0.15, 0.2) is 0 Å². The van der Waals surface area contributed by atoms with Crippen LogP contribution in [0, 0.1) is 0 Å². The summed E-state index contributed by atoms with van der Waals surface area (Å²) in [6, 6.07) is 9.99. The molecule has 1 nitrogen and oxygen atoms in total. The Morgan fingerprint density at radius 1 is 1.08 bits per heavy atom. The summed E-state index contributed by atoms with van der Waals surface area (Å²) in [4.78, 5) is -0.750. The summed E-state index contributed by atoms with van der Waals surface area (Å²) >= 11 is 14.4. The van der Waals surface area contributed by atoms with E-state index in [4.69, 9.17) is 40.1 Å². The van der Waals surface area contributed by atoms with E-state index in [2.05, 4.69) is 0 Å². The number of hydrogen-bond acceptors (Lipinski definition) is 1. The molecule has 0 aromatic heterocycles. The van der Waals surface area contributed by atoms with Crippen molar-refractivity contribution in [1.29, 1.82) is 0 Å². The SMILES string of the molecule is ClB(Cl)Cl.NCc1ccccc1. The van der Waals surface area contributed by atoms with Crippen molar-refractivity contribution in [2.45, 2.75) is 6.54 Å². The molecule has 0 aliphatic rings. The van der Waals surface area contributed by atoms with Crippen LogP contribution in [-0.4, -0.2) is 4.96 Å². The van der Waals surface area contributed by atoms with Gasteiger partial charge in [0.2, 0.25) is 0 Å². The highest BCUT2D eigenvalue weighted by atomic mass is 35.6. The maximum absolute atomic E-state index is 5.35. The fourth-order valence-corrected chi connectivity index (χ4v) is 0.614. The minimum Gasteiger partial charge on any atom is -0.326 e. The molecular formula is C7H9BCl3N. The second-order valence-electron chi connectivity index (χ2n) is 1.94. The number of hydrogen-bond donors (Lipinski definition) is 1. The van der Waals surface area contributed by atoms with Crippen molar-refractivity contribution in [3.63, 3.8) is 0 Å². The van der Waals surface area contributed by atoms with Gasteiger partial charge in [-0.25, -0.2) is 0 Å². The van der Waals surface area contributed by atoms with Crippen LogP contribution in [0.15, 0.2) is 30.3 Å². The smallest absolute Gasteiger partial charge is 0.326 e. The van der Waals surface area contributed by atoms with Gasteiger partial charge in [0, 0.05) is 6.54 Å². The van der Waals surface area contributed by atoms with E-state index in [1.807, 2.05) is 30.3 Å². The highest BCUT2D eigenvalue weighted by Crippen LogP contribution is 1.97. The van der Waals surface area contributed by atoms with E-state index in [9.17, 15) is 0 Å². The Kier molecular flexibility index (Phi) is 7.82. The zero-order chi connectivity index (χ0) is 9.40. The molecule has 2 N–H and O–H groups in total. The monoisotopic (exact) mass is 223 g/mol. The Bertz CT molecular complexity index is 190. The molecule has 66 valence electrons. The van der Waals surface area contributed by atoms with Crippen LogP contribution in [0.5, 0.6) is 0 Å². The van der Waals surface area contributed by atoms with Crippen LogP contribution in [0.25, 0.3) is 0 Å². The summed E-state index contributed by atoms with van der Waals surface area (Å²) in [5, 5.41) is 0. The topological polar surface area (TPSA) is 26.0 Å². The van der Waals surface area contributed by atoms with Crippen LogP contribution in [0.3, 0.4) is 0 Å². The fraction of sp³-hybridized carbons (Fsp3) is 0.143. The van der Waals surface area contributed by atoms with E-state index in [0.29, 0.717) is 6.54 Å². The molecule has 12 heavy (non-hydrogen) atoms. The van der Waals surface area contributed by atoms with Gasteiger partial charge in [0.1, 0.15) is 0 Å². The first-order valence-corrected chi connectivity index (χ1v) is 4.64. The average Bonchev–Trinajstić information content (AvgIpc) is 2.05. The summed E-state index contributed by atoms with van der Waals surface area (Å²) in [6.07, 6.45) is 0. The van der Waals surface area contributed by atoms with Crippen molar-refractivity contribution in [1.82, 2.24) is 0 Å². The van der Waals surface area contributed by atoms with Crippen molar-refractivity contribution >= 4 is 39.3 Å². The van der Waals surface area contributed by atoms with E-state index in [1.165, 1.54) is 5.56 Å². The van der Waals surface area contributed by atoms with Crippen LogP contribution in [0.4, 0.5) is 0 Å². The lowest BCUT2D eigenvalue weighted by Crippen LogP contribution is -1.94. The number of halogens is 3. The van der Waals surface area contributed by atoms with Gasteiger partial charge in [0.25, 0.3) is 0 Å². The molecule has 0 heterocycles. The van der Waals surface area contributed by atoms with E-state index < -0.39 is 4.96 Å². The molecule has 0 saturated carbocycles. The standard InChI is InChI=1S/C7H9N.BCl3/c8-6-7-4-2-1-3-5-7;2-1(3)4/h1-5H,6,8H2;. The van der Waals surface area contributed by atoms with Crippen molar-refractivity contribution in [3.05, 3.63) is 35.9 Å². The van der Waals surface area contributed by atoms with Gasteiger partial charge >= 0.3 is 4.96 Å². The molecule has 1 aromatic carbocycles. The summed E-state index contributed by atoms with van der Waals surface area (Å²) in [5.41, 5.74) is 6.54. The Morgan fingerprint density at radius 3 is 1.75 bits per heavy atom. The van der Waals surface area contributed by atoms with Gasteiger partial charge in [-0.2, -0.15) is 34.4 Å². The van der Waals surface area contributed by atoms with Gasteiger partial charge in [-0.1, -0.05) is 30.3 Å². The number of rotatable bonds is 1. The quantitative estimate of drug-likeness (QED) is 0.729. The van der Waals surface area contributed by atoms with Crippen molar-refractivity contribution in [3.8, 4) is 0 Å². The summed E-state index contributed by atoms with van der Waals surface area (Å²) in [7, 11) is 0. The third-order valence-electron chi connectivity index (χ3n) is 1.08. The van der Waals surface area contributed by atoms with Crippen LogP contribution in [-0.2, 0) is 6.54 Å². The molecule has 0 fully saturated rings. The molecule has 0 amide bonds. The molecule has 0 radical (unpaired) electrons. The second-order valence-corrected chi connectivity index (χ2v) is 3.92. The predicted octanol–water partition coefficient (Wildman–Crippen LogP) is 2.83. The lowest BCUT2D eigenvalue weighted by atomic mass is 10.2. The van der Waals surface area contributed by atoms with Crippen LogP contribution >= 0.6 is 34.4 Å². The number of benzene rings is 1. The van der Waals surface area contributed by atoms with Gasteiger partial charge in [-0.3, -0.25) is 0 Å². The van der Waals surface area contributed by atoms with E-state index in [1.54, 1.807) is 0 Å². The molecule has 0 aliphatic carbocycles. The third-order valence-corrected chi connectivity index (χ3v) is 1.08. The Hall–Kier alpha value is 0.115. The molecule has 0 unspecified atom stereocenters. The minimum absolute atomic E-state index is 0.640. The normalized spacial score (nSPS) is 8.33. The highest BCUT2D eigenvalue weighted by molar-refractivity contribution is 7.54. The molecule has 0 saturated heterocycles. The molecule has 0 aliphatic heterocycles. The van der Waals surface area contributed by atoms with Gasteiger partial charge in [-0.15, -0.1) is 0 Å². The van der Waals surface area contributed by atoms with E-state index >= 15 is 0 Å². The first kappa shape index (κ1) is 12.1. The summed E-state index contributed by atoms with van der Waals surface area (Å²) in [6.45, 7) is 0.640. The lowest BCUT2D eigenvalue weighted by molar-refractivity contribution is 1.07. The van der Waals surface area contributed by atoms with Gasteiger partial charge < -0.3 is 5.73 Å². The van der Waals surface area contributed by atoms with E-state index in [-0.39, 0.29) is 0 Å². The molecule has 0 spiro atoms. The predicted molar refractivity (Wildman–Crippen MR) is 57.6 cm³/mol. The maximum atomic E-state index is 5.35. The Balaban J connectivity index is 0.000000261. The fourth-order valence-electron chi connectivity index (χ4n) is 0.614. The summed E-state index contributed by atoms with van der Waals surface area (Å²) in [5.74, 6) is 0. The molecule has 1 aromatic rings. The van der Waals surface area contributed by atoms with Crippen LogP contribution < -0.4 is 5.73 Å². The zero-order valence-electron chi connectivity index (χ0n) is 6.38. The van der Waals surface area contributed by atoms with Gasteiger partial charge in [0.05, 0.1) is 0 Å². The van der Waals surface area contributed by atoms with Crippen LogP contribution in [0.1, 0.15) is 5.56 Å². The van der Waals surface area contributed by atoms with Crippen LogP contribution in [0.2, 0.25) is 0 Å². The van der Waals surface area contributed by atoms with Crippen molar-refractivity contribution in [2.24, 2.45) is 5.73 Å². The largest absolute Gasteiger partial charge is 0.450 e. The molecule has 1 rings (SSSR count). The Morgan fingerprint density at radius 2 is 1.50 bits per heavy atom. The second kappa shape index (κ2) is 7.75. The maximum Gasteiger partial charge on any atom is 0.450 e. The minimum atomic E-state index is -0.750.